The number of nitrogens with one attached hydrogen (secondary N) is 2. The fourth-order valence-corrected chi connectivity index (χ4v) is 3.74. The van der Waals surface area contributed by atoms with Crippen molar-refractivity contribution in [1.29, 1.82) is 0 Å². The predicted molar refractivity (Wildman–Crippen MR) is 120 cm³/mol. The monoisotopic (exact) mass is 439 g/mol. The molecule has 0 unspecified atom stereocenters. The van der Waals surface area contributed by atoms with E-state index < -0.39 is 6.04 Å². The fraction of sp³-hybridized carbons (Fsp3) is 0.348. The van der Waals surface area contributed by atoms with Crippen molar-refractivity contribution in [2.75, 3.05) is 43.0 Å². The lowest BCUT2D eigenvalue weighted by molar-refractivity contribution is -0.125. The van der Waals surface area contributed by atoms with Crippen molar-refractivity contribution < 1.29 is 18.7 Å². The molecule has 0 spiro atoms. The van der Waals surface area contributed by atoms with Gasteiger partial charge in [-0.25, -0.2) is 9.38 Å². The maximum absolute atomic E-state index is 13.2. The van der Waals surface area contributed by atoms with Crippen molar-refractivity contribution in [1.82, 2.24) is 10.2 Å². The Balaban J connectivity index is 1.38. The third-order valence-electron chi connectivity index (χ3n) is 5.41. The zero-order chi connectivity index (χ0) is 22.5. The van der Waals surface area contributed by atoms with Gasteiger partial charge < -0.3 is 19.9 Å². The van der Waals surface area contributed by atoms with Crippen molar-refractivity contribution in [3.63, 3.8) is 0 Å². The van der Waals surface area contributed by atoms with E-state index in [-0.39, 0.29) is 24.1 Å². The Labute approximate surface area is 186 Å². The van der Waals surface area contributed by atoms with Crippen LogP contribution < -0.4 is 20.3 Å². The third-order valence-corrected chi connectivity index (χ3v) is 5.41. The third kappa shape index (κ3) is 5.16. The highest BCUT2D eigenvalue weighted by atomic mass is 19.1. The first-order valence-electron chi connectivity index (χ1n) is 10.7. The summed E-state index contributed by atoms with van der Waals surface area (Å²) in [5, 5.41) is 5.61. The minimum atomic E-state index is -0.791. The van der Waals surface area contributed by atoms with Gasteiger partial charge in [-0.05, 0) is 55.5 Å². The highest BCUT2D eigenvalue weighted by Crippen LogP contribution is 2.19. The molecule has 2 aliphatic heterocycles. The highest BCUT2D eigenvalue weighted by molar-refractivity contribution is 6.06. The van der Waals surface area contributed by atoms with Crippen molar-refractivity contribution in [2.45, 2.75) is 19.4 Å². The summed E-state index contributed by atoms with van der Waals surface area (Å²) < 4.78 is 18.6. The van der Waals surface area contributed by atoms with E-state index in [2.05, 4.69) is 20.5 Å². The minimum absolute atomic E-state index is 0.00189. The number of benzene rings is 2. The molecule has 9 heteroatoms. The van der Waals surface area contributed by atoms with E-state index in [9.17, 15) is 14.0 Å². The highest BCUT2D eigenvalue weighted by Gasteiger charge is 2.30. The molecule has 1 fully saturated rings. The van der Waals surface area contributed by atoms with Gasteiger partial charge in [0.2, 0.25) is 17.8 Å². The molecule has 8 nitrogen and oxygen atoms in total. The van der Waals surface area contributed by atoms with Gasteiger partial charge in [0, 0.05) is 37.6 Å². The summed E-state index contributed by atoms with van der Waals surface area (Å²) in [5.41, 5.74) is 1.57. The van der Waals surface area contributed by atoms with Gasteiger partial charge in [-0.2, -0.15) is 0 Å². The zero-order valence-electron chi connectivity index (χ0n) is 17.9. The van der Waals surface area contributed by atoms with Gasteiger partial charge in [-0.1, -0.05) is 0 Å². The first-order chi connectivity index (χ1) is 15.5. The van der Waals surface area contributed by atoms with Gasteiger partial charge in [0.15, 0.2) is 0 Å². The number of carbonyl (C=O) groups is 2. The van der Waals surface area contributed by atoms with Crippen LogP contribution >= 0.6 is 0 Å². The molecule has 0 aliphatic carbocycles. The van der Waals surface area contributed by atoms with Crippen LogP contribution in [0, 0.1) is 5.82 Å². The number of anilines is 2. The first-order valence-corrected chi connectivity index (χ1v) is 10.7. The number of carbonyl (C=O) groups excluding carboxylic acids is 2. The van der Waals surface area contributed by atoms with Crippen molar-refractivity contribution in [3.8, 4) is 5.75 Å². The molecule has 2 amide bonds. The van der Waals surface area contributed by atoms with Gasteiger partial charge in [0.05, 0.1) is 13.0 Å². The van der Waals surface area contributed by atoms with Gasteiger partial charge in [0.25, 0.3) is 0 Å². The first kappa shape index (κ1) is 21.6. The van der Waals surface area contributed by atoms with Crippen LogP contribution in [0.2, 0.25) is 0 Å². The van der Waals surface area contributed by atoms with Crippen LogP contribution in [0.25, 0.3) is 0 Å². The number of aliphatic imine (C=N–C) groups is 1. The number of ether oxygens (including phenoxy) is 1. The van der Waals surface area contributed by atoms with E-state index in [4.69, 9.17) is 4.74 Å². The number of piperazine rings is 1. The molecule has 32 heavy (non-hydrogen) atoms. The summed E-state index contributed by atoms with van der Waals surface area (Å²) in [6, 6.07) is 12.7. The summed E-state index contributed by atoms with van der Waals surface area (Å²) in [6.45, 7) is 5.13. The number of hydrogen-bond donors (Lipinski definition) is 2. The SMILES string of the molecule is CCOc1ccc(NC(=O)[C@H]2CC(=O)NC(N3CCN(c4ccc(F)cc4)CC3)=N2)cc1. The van der Waals surface area contributed by atoms with Crippen molar-refractivity contribution in [3.05, 3.63) is 54.3 Å². The molecule has 1 atom stereocenters. The Bertz CT molecular complexity index is 986. The summed E-state index contributed by atoms with van der Waals surface area (Å²) in [6.07, 6.45) is 0.00189. The van der Waals surface area contributed by atoms with Crippen molar-refractivity contribution in [2.24, 2.45) is 4.99 Å². The smallest absolute Gasteiger partial charge is 0.249 e. The zero-order valence-corrected chi connectivity index (χ0v) is 17.9. The molecule has 1 saturated heterocycles. The molecule has 2 aliphatic rings. The van der Waals surface area contributed by atoms with Crippen LogP contribution in [0.15, 0.2) is 53.5 Å². The Kier molecular flexibility index (Phi) is 6.53. The second-order valence-corrected chi connectivity index (χ2v) is 7.62. The van der Waals surface area contributed by atoms with E-state index in [1.807, 2.05) is 11.8 Å². The lowest BCUT2D eigenvalue weighted by Crippen LogP contribution is -2.56. The van der Waals surface area contributed by atoms with Crippen LogP contribution in [0.4, 0.5) is 15.8 Å². The average Bonchev–Trinajstić information content (AvgIpc) is 2.81. The molecule has 0 radical (unpaired) electrons. The van der Waals surface area contributed by atoms with E-state index in [0.29, 0.717) is 44.4 Å². The van der Waals surface area contributed by atoms with Gasteiger partial charge in [0.1, 0.15) is 17.6 Å². The minimum Gasteiger partial charge on any atom is -0.494 e. The second-order valence-electron chi connectivity index (χ2n) is 7.62. The molecule has 2 aromatic carbocycles. The Morgan fingerprint density at radius 1 is 1.09 bits per heavy atom. The summed E-state index contributed by atoms with van der Waals surface area (Å²) in [4.78, 5) is 33.6. The fourth-order valence-electron chi connectivity index (χ4n) is 3.74. The van der Waals surface area contributed by atoms with Crippen LogP contribution in [-0.4, -0.2) is 61.5 Å². The lowest BCUT2D eigenvalue weighted by atomic mass is 10.1. The predicted octanol–water partition coefficient (Wildman–Crippen LogP) is 2.23. The second kappa shape index (κ2) is 9.67. The molecule has 0 aromatic heterocycles. The standard InChI is InChI=1S/C23H26FN5O3/c1-2-32-19-9-5-17(6-10-19)25-22(31)20-15-21(30)27-23(26-20)29-13-11-28(12-14-29)18-7-3-16(24)4-8-18/h3-10,20H,2,11-15H2,1H3,(H,25,31)(H,26,27,30)/t20-/m1/s1. The Morgan fingerprint density at radius 2 is 1.75 bits per heavy atom. The maximum Gasteiger partial charge on any atom is 0.249 e. The topological polar surface area (TPSA) is 86.3 Å². The number of nitrogens with zero attached hydrogens (tertiary/aromatic N) is 3. The van der Waals surface area contributed by atoms with E-state index in [0.717, 1.165) is 11.4 Å². The number of hydrogen-bond acceptors (Lipinski definition) is 6. The number of guanidine groups is 1. The van der Waals surface area contributed by atoms with Crippen LogP contribution in [0.5, 0.6) is 5.75 Å². The maximum atomic E-state index is 13.2. The summed E-state index contributed by atoms with van der Waals surface area (Å²) in [7, 11) is 0. The molecule has 4 rings (SSSR count). The Morgan fingerprint density at radius 3 is 2.41 bits per heavy atom. The lowest BCUT2D eigenvalue weighted by Gasteiger charge is -2.38. The quantitative estimate of drug-likeness (QED) is 0.746. The molecule has 2 N–H and O–H groups in total. The number of halogens is 1. The van der Waals surface area contributed by atoms with E-state index >= 15 is 0 Å². The largest absolute Gasteiger partial charge is 0.494 e. The number of amides is 2. The van der Waals surface area contributed by atoms with Gasteiger partial charge in [-0.15, -0.1) is 0 Å². The van der Waals surface area contributed by atoms with Gasteiger partial charge in [-0.3, -0.25) is 14.9 Å². The molecule has 0 saturated carbocycles. The molecular weight excluding hydrogens is 413 g/mol. The molecule has 0 bridgehead atoms. The molecule has 2 aromatic rings. The van der Waals surface area contributed by atoms with Crippen LogP contribution in [0.1, 0.15) is 13.3 Å². The van der Waals surface area contributed by atoms with E-state index in [1.165, 1.54) is 12.1 Å². The van der Waals surface area contributed by atoms with Crippen LogP contribution in [-0.2, 0) is 9.59 Å². The van der Waals surface area contributed by atoms with Gasteiger partial charge >= 0.3 is 0 Å². The molecule has 2 heterocycles. The Hall–Kier alpha value is -3.62. The molecular formula is C23H26FN5O3. The number of rotatable bonds is 5. The molecule has 168 valence electrons. The summed E-state index contributed by atoms with van der Waals surface area (Å²) in [5.74, 6) is 0.324. The van der Waals surface area contributed by atoms with E-state index in [1.54, 1.807) is 36.4 Å². The normalized spacial score (nSPS) is 18.6. The average molecular weight is 439 g/mol. The van der Waals surface area contributed by atoms with Crippen molar-refractivity contribution >= 4 is 29.1 Å². The summed E-state index contributed by atoms with van der Waals surface area (Å²) >= 11 is 0. The van der Waals surface area contributed by atoms with Crippen LogP contribution in [0.3, 0.4) is 0 Å².